The molecular weight excluding hydrogens is 276 g/mol. The first kappa shape index (κ1) is 14.8. The van der Waals surface area contributed by atoms with E-state index in [0.717, 1.165) is 12.1 Å². The summed E-state index contributed by atoms with van der Waals surface area (Å²) < 4.78 is 5.14. The molecule has 2 aromatic heterocycles. The highest BCUT2D eigenvalue weighted by molar-refractivity contribution is 5.94. The molecule has 1 aliphatic rings. The molecule has 2 heterocycles. The standard InChI is InChI=1S/C18H22N2O2/c21-18(17-6-9-19-10-7-17)20(13-16-8-11-22-14-16)12-15-4-2-1-3-5-15/h6-11,14-15H,1-5,12-13H2. The number of hydrogen-bond donors (Lipinski definition) is 0. The second-order valence-corrected chi connectivity index (χ2v) is 6.06. The lowest BCUT2D eigenvalue weighted by Gasteiger charge is -2.29. The minimum Gasteiger partial charge on any atom is -0.472 e. The molecule has 0 bridgehead atoms. The summed E-state index contributed by atoms with van der Waals surface area (Å²) in [5.74, 6) is 0.695. The van der Waals surface area contributed by atoms with E-state index in [-0.39, 0.29) is 5.91 Å². The van der Waals surface area contributed by atoms with Crippen LogP contribution in [-0.4, -0.2) is 22.3 Å². The lowest BCUT2D eigenvalue weighted by atomic mass is 9.88. The van der Waals surface area contributed by atoms with Crippen molar-refractivity contribution in [3.05, 3.63) is 54.2 Å². The zero-order chi connectivity index (χ0) is 15.2. The first-order valence-corrected chi connectivity index (χ1v) is 8.03. The van der Waals surface area contributed by atoms with Gasteiger partial charge in [-0.25, -0.2) is 0 Å². The fraction of sp³-hybridized carbons (Fsp3) is 0.444. The van der Waals surface area contributed by atoms with Gasteiger partial charge in [-0.05, 0) is 37.0 Å². The van der Waals surface area contributed by atoms with Crippen molar-refractivity contribution < 1.29 is 9.21 Å². The normalized spacial score (nSPS) is 15.6. The van der Waals surface area contributed by atoms with Gasteiger partial charge in [0.2, 0.25) is 0 Å². The largest absolute Gasteiger partial charge is 0.472 e. The van der Waals surface area contributed by atoms with Gasteiger partial charge < -0.3 is 9.32 Å². The number of amides is 1. The summed E-state index contributed by atoms with van der Waals surface area (Å²) in [5.41, 5.74) is 1.74. The summed E-state index contributed by atoms with van der Waals surface area (Å²) in [7, 11) is 0. The van der Waals surface area contributed by atoms with Gasteiger partial charge in [0, 0.05) is 36.6 Å². The Morgan fingerprint density at radius 2 is 1.95 bits per heavy atom. The molecule has 0 aliphatic heterocycles. The van der Waals surface area contributed by atoms with Crippen LogP contribution in [0, 0.1) is 5.92 Å². The van der Waals surface area contributed by atoms with E-state index in [1.54, 1.807) is 37.1 Å². The van der Waals surface area contributed by atoms with Crippen LogP contribution in [0.25, 0.3) is 0 Å². The summed E-state index contributed by atoms with van der Waals surface area (Å²) in [6.45, 7) is 1.43. The highest BCUT2D eigenvalue weighted by Crippen LogP contribution is 2.25. The molecule has 1 amide bonds. The number of aromatic nitrogens is 1. The van der Waals surface area contributed by atoms with E-state index >= 15 is 0 Å². The van der Waals surface area contributed by atoms with Crippen LogP contribution in [0.1, 0.15) is 48.0 Å². The molecule has 1 saturated carbocycles. The molecule has 0 spiro atoms. The van der Waals surface area contributed by atoms with Crippen LogP contribution in [-0.2, 0) is 6.54 Å². The molecule has 0 saturated heterocycles. The van der Waals surface area contributed by atoms with E-state index in [0.29, 0.717) is 18.0 Å². The van der Waals surface area contributed by atoms with E-state index in [4.69, 9.17) is 4.42 Å². The fourth-order valence-corrected chi connectivity index (χ4v) is 3.18. The SMILES string of the molecule is O=C(c1ccncc1)N(Cc1ccoc1)CC1CCCCC1. The lowest BCUT2D eigenvalue weighted by Crippen LogP contribution is -2.35. The fourth-order valence-electron chi connectivity index (χ4n) is 3.18. The molecule has 3 rings (SSSR count). The molecule has 0 aromatic carbocycles. The monoisotopic (exact) mass is 298 g/mol. The van der Waals surface area contributed by atoms with E-state index < -0.39 is 0 Å². The highest BCUT2D eigenvalue weighted by atomic mass is 16.3. The van der Waals surface area contributed by atoms with Gasteiger partial charge in [-0.3, -0.25) is 9.78 Å². The van der Waals surface area contributed by atoms with Gasteiger partial charge in [-0.15, -0.1) is 0 Å². The second-order valence-electron chi connectivity index (χ2n) is 6.06. The molecule has 0 N–H and O–H groups in total. The van der Waals surface area contributed by atoms with Gasteiger partial charge in [-0.1, -0.05) is 19.3 Å². The van der Waals surface area contributed by atoms with Crippen molar-refractivity contribution in [2.24, 2.45) is 5.92 Å². The van der Waals surface area contributed by atoms with Gasteiger partial charge in [0.25, 0.3) is 5.91 Å². The van der Waals surface area contributed by atoms with Crippen LogP contribution in [0.5, 0.6) is 0 Å². The molecule has 1 fully saturated rings. The summed E-state index contributed by atoms with van der Waals surface area (Å²) in [6, 6.07) is 5.49. The molecule has 22 heavy (non-hydrogen) atoms. The highest BCUT2D eigenvalue weighted by Gasteiger charge is 2.22. The van der Waals surface area contributed by atoms with Crippen LogP contribution in [0.3, 0.4) is 0 Å². The quantitative estimate of drug-likeness (QED) is 0.841. The van der Waals surface area contributed by atoms with Crippen LogP contribution in [0.2, 0.25) is 0 Å². The Kier molecular flexibility index (Phi) is 4.88. The van der Waals surface area contributed by atoms with Crippen LogP contribution in [0.4, 0.5) is 0 Å². The zero-order valence-corrected chi connectivity index (χ0v) is 12.8. The first-order valence-electron chi connectivity index (χ1n) is 8.03. The number of hydrogen-bond acceptors (Lipinski definition) is 3. The molecule has 116 valence electrons. The predicted octanol–water partition coefficient (Wildman–Crippen LogP) is 3.90. The summed E-state index contributed by atoms with van der Waals surface area (Å²) in [6.07, 6.45) is 13.1. The lowest BCUT2D eigenvalue weighted by molar-refractivity contribution is 0.0698. The number of carbonyl (C=O) groups excluding carboxylic acids is 1. The Labute approximate surface area is 131 Å². The number of nitrogens with zero attached hydrogens (tertiary/aromatic N) is 2. The van der Waals surface area contributed by atoms with Crippen molar-refractivity contribution in [3.8, 4) is 0 Å². The Morgan fingerprint density at radius 3 is 2.64 bits per heavy atom. The van der Waals surface area contributed by atoms with Crippen LogP contribution < -0.4 is 0 Å². The first-order chi connectivity index (χ1) is 10.8. The predicted molar refractivity (Wildman–Crippen MR) is 84.3 cm³/mol. The summed E-state index contributed by atoms with van der Waals surface area (Å²) in [4.78, 5) is 18.8. The van der Waals surface area contributed by atoms with E-state index in [2.05, 4.69) is 4.98 Å². The summed E-state index contributed by atoms with van der Waals surface area (Å²) in [5, 5.41) is 0. The van der Waals surface area contributed by atoms with Crippen molar-refractivity contribution in [1.82, 2.24) is 9.88 Å². The van der Waals surface area contributed by atoms with Gasteiger partial charge in [-0.2, -0.15) is 0 Å². The van der Waals surface area contributed by atoms with Gasteiger partial charge >= 0.3 is 0 Å². The zero-order valence-electron chi connectivity index (χ0n) is 12.8. The molecule has 0 unspecified atom stereocenters. The van der Waals surface area contributed by atoms with E-state index in [1.807, 2.05) is 11.0 Å². The number of rotatable bonds is 5. The van der Waals surface area contributed by atoms with E-state index in [9.17, 15) is 4.79 Å². The smallest absolute Gasteiger partial charge is 0.254 e. The number of carbonyl (C=O) groups is 1. The number of furan rings is 1. The minimum absolute atomic E-state index is 0.0779. The molecule has 2 aromatic rings. The topological polar surface area (TPSA) is 46.3 Å². The van der Waals surface area contributed by atoms with Crippen molar-refractivity contribution in [2.45, 2.75) is 38.6 Å². The van der Waals surface area contributed by atoms with Crippen LogP contribution >= 0.6 is 0 Å². The molecule has 1 aliphatic carbocycles. The maximum absolute atomic E-state index is 12.8. The molecule has 4 nitrogen and oxygen atoms in total. The molecule has 0 radical (unpaired) electrons. The Hall–Kier alpha value is -2.10. The molecular formula is C18H22N2O2. The Bertz CT molecular complexity index is 574. The van der Waals surface area contributed by atoms with Gasteiger partial charge in [0.1, 0.15) is 0 Å². The third-order valence-corrected chi connectivity index (χ3v) is 4.37. The van der Waals surface area contributed by atoms with Crippen molar-refractivity contribution in [1.29, 1.82) is 0 Å². The van der Waals surface area contributed by atoms with E-state index in [1.165, 1.54) is 32.1 Å². The Morgan fingerprint density at radius 1 is 1.18 bits per heavy atom. The third-order valence-electron chi connectivity index (χ3n) is 4.37. The molecule has 0 atom stereocenters. The average molecular weight is 298 g/mol. The maximum Gasteiger partial charge on any atom is 0.254 e. The Balaban J connectivity index is 1.74. The summed E-state index contributed by atoms with van der Waals surface area (Å²) >= 11 is 0. The second kappa shape index (κ2) is 7.25. The number of pyridine rings is 1. The average Bonchev–Trinajstić information content (AvgIpc) is 3.08. The van der Waals surface area contributed by atoms with Crippen molar-refractivity contribution in [3.63, 3.8) is 0 Å². The van der Waals surface area contributed by atoms with Crippen molar-refractivity contribution >= 4 is 5.91 Å². The van der Waals surface area contributed by atoms with Gasteiger partial charge in [0.05, 0.1) is 12.5 Å². The van der Waals surface area contributed by atoms with Gasteiger partial charge in [0.15, 0.2) is 0 Å². The van der Waals surface area contributed by atoms with Crippen molar-refractivity contribution in [2.75, 3.05) is 6.54 Å². The maximum atomic E-state index is 12.8. The van der Waals surface area contributed by atoms with Crippen LogP contribution in [0.15, 0.2) is 47.5 Å². The third kappa shape index (κ3) is 3.75. The minimum atomic E-state index is 0.0779. The molecule has 4 heteroatoms.